The summed E-state index contributed by atoms with van der Waals surface area (Å²) in [7, 11) is 0. The molecule has 1 unspecified atom stereocenters. The van der Waals surface area contributed by atoms with Gasteiger partial charge >= 0.3 is 0 Å². The molecule has 1 rings (SSSR count). The molecule has 90 valence electrons. The van der Waals surface area contributed by atoms with Crippen molar-refractivity contribution in [1.82, 2.24) is 4.90 Å². The molecule has 0 aromatic heterocycles. The third-order valence-corrected chi connectivity index (χ3v) is 3.67. The van der Waals surface area contributed by atoms with Gasteiger partial charge in [-0.05, 0) is 38.8 Å². The van der Waals surface area contributed by atoms with Crippen LogP contribution in [-0.2, 0) is 0 Å². The highest BCUT2D eigenvalue weighted by molar-refractivity contribution is 4.74. The molecule has 1 fully saturated rings. The zero-order chi connectivity index (χ0) is 10.9. The molecule has 0 N–H and O–H groups in total. The SMILES string of the molecule is CCCCCC(CCC)N1CCCCC1. The second kappa shape index (κ2) is 8.15. The van der Waals surface area contributed by atoms with Gasteiger partial charge in [0.1, 0.15) is 0 Å². The Labute approximate surface area is 96.2 Å². The third-order valence-electron chi connectivity index (χ3n) is 3.67. The van der Waals surface area contributed by atoms with Crippen LogP contribution in [0.4, 0.5) is 0 Å². The maximum absolute atomic E-state index is 2.77. The second-order valence-electron chi connectivity index (χ2n) is 5.03. The van der Waals surface area contributed by atoms with Crippen molar-refractivity contribution in [2.75, 3.05) is 13.1 Å². The lowest BCUT2D eigenvalue weighted by molar-refractivity contribution is 0.144. The molecule has 1 saturated heterocycles. The Kier molecular flexibility index (Phi) is 7.08. The fraction of sp³-hybridized carbons (Fsp3) is 1.00. The van der Waals surface area contributed by atoms with E-state index >= 15 is 0 Å². The number of nitrogens with zero attached hydrogens (tertiary/aromatic N) is 1. The van der Waals surface area contributed by atoms with Crippen LogP contribution in [0, 0.1) is 0 Å². The minimum atomic E-state index is 0.904. The van der Waals surface area contributed by atoms with Crippen LogP contribution < -0.4 is 0 Å². The van der Waals surface area contributed by atoms with Crippen LogP contribution in [0.5, 0.6) is 0 Å². The summed E-state index contributed by atoms with van der Waals surface area (Å²) in [6, 6.07) is 0.904. The molecule has 15 heavy (non-hydrogen) atoms. The Morgan fingerprint density at radius 2 is 1.60 bits per heavy atom. The number of hydrogen-bond acceptors (Lipinski definition) is 1. The molecule has 0 aromatic carbocycles. The average Bonchev–Trinajstić information content (AvgIpc) is 2.29. The molecule has 1 aliphatic heterocycles. The van der Waals surface area contributed by atoms with Crippen molar-refractivity contribution in [3.63, 3.8) is 0 Å². The molecule has 0 aliphatic carbocycles. The van der Waals surface area contributed by atoms with Crippen LogP contribution in [0.25, 0.3) is 0 Å². The van der Waals surface area contributed by atoms with Gasteiger partial charge in [-0.1, -0.05) is 46.0 Å². The number of hydrogen-bond donors (Lipinski definition) is 0. The maximum Gasteiger partial charge on any atom is 0.00951 e. The van der Waals surface area contributed by atoms with Gasteiger partial charge in [-0.3, -0.25) is 0 Å². The quantitative estimate of drug-likeness (QED) is 0.570. The predicted molar refractivity (Wildman–Crippen MR) is 68.3 cm³/mol. The fourth-order valence-electron chi connectivity index (χ4n) is 2.76. The lowest BCUT2D eigenvalue weighted by atomic mass is 9.99. The normalized spacial score (nSPS) is 20.4. The van der Waals surface area contributed by atoms with Crippen LogP contribution in [0.2, 0.25) is 0 Å². The van der Waals surface area contributed by atoms with Gasteiger partial charge in [0.2, 0.25) is 0 Å². The van der Waals surface area contributed by atoms with Gasteiger partial charge in [0.25, 0.3) is 0 Å². The van der Waals surface area contributed by atoms with E-state index in [2.05, 4.69) is 18.7 Å². The summed E-state index contributed by atoms with van der Waals surface area (Å²) in [5.41, 5.74) is 0. The molecule has 1 aliphatic rings. The van der Waals surface area contributed by atoms with E-state index in [0.717, 1.165) is 6.04 Å². The molecule has 0 spiro atoms. The first kappa shape index (κ1) is 13.0. The summed E-state index contributed by atoms with van der Waals surface area (Å²) < 4.78 is 0. The zero-order valence-electron chi connectivity index (χ0n) is 10.8. The van der Waals surface area contributed by atoms with Crippen LogP contribution >= 0.6 is 0 Å². The topological polar surface area (TPSA) is 3.24 Å². The number of rotatable bonds is 7. The lowest BCUT2D eigenvalue weighted by Crippen LogP contribution is -2.39. The van der Waals surface area contributed by atoms with Gasteiger partial charge in [-0.15, -0.1) is 0 Å². The minimum Gasteiger partial charge on any atom is -0.300 e. The lowest BCUT2D eigenvalue weighted by Gasteiger charge is -2.34. The Balaban J connectivity index is 2.26. The molecular weight excluding hydrogens is 182 g/mol. The maximum atomic E-state index is 2.77. The summed E-state index contributed by atoms with van der Waals surface area (Å²) in [5, 5.41) is 0. The standard InChI is InChI=1S/C14H29N/c1-3-5-7-11-14(10-4-2)15-12-8-6-9-13-15/h14H,3-13H2,1-2H3. The third kappa shape index (κ3) is 5.01. The summed E-state index contributed by atoms with van der Waals surface area (Å²) in [6.07, 6.45) is 12.8. The molecule has 0 bridgehead atoms. The van der Waals surface area contributed by atoms with Gasteiger partial charge in [-0.25, -0.2) is 0 Å². The zero-order valence-corrected chi connectivity index (χ0v) is 10.8. The highest BCUT2D eigenvalue weighted by atomic mass is 15.2. The van der Waals surface area contributed by atoms with E-state index in [0.29, 0.717) is 0 Å². The largest absolute Gasteiger partial charge is 0.300 e. The van der Waals surface area contributed by atoms with Crippen molar-refractivity contribution in [1.29, 1.82) is 0 Å². The van der Waals surface area contributed by atoms with E-state index in [1.165, 1.54) is 70.9 Å². The van der Waals surface area contributed by atoms with Gasteiger partial charge in [0, 0.05) is 6.04 Å². The van der Waals surface area contributed by atoms with Gasteiger partial charge in [-0.2, -0.15) is 0 Å². The van der Waals surface area contributed by atoms with Crippen molar-refractivity contribution < 1.29 is 0 Å². The molecule has 0 radical (unpaired) electrons. The molecule has 1 atom stereocenters. The molecule has 1 heteroatoms. The van der Waals surface area contributed by atoms with Crippen LogP contribution in [-0.4, -0.2) is 24.0 Å². The Morgan fingerprint density at radius 3 is 2.20 bits per heavy atom. The summed E-state index contributed by atoms with van der Waals surface area (Å²) in [6.45, 7) is 7.38. The van der Waals surface area contributed by atoms with Crippen molar-refractivity contribution >= 4 is 0 Å². The van der Waals surface area contributed by atoms with Crippen LogP contribution in [0.15, 0.2) is 0 Å². The first-order chi connectivity index (χ1) is 7.38. The monoisotopic (exact) mass is 211 g/mol. The minimum absolute atomic E-state index is 0.904. The number of piperidine rings is 1. The van der Waals surface area contributed by atoms with E-state index in [-0.39, 0.29) is 0 Å². The van der Waals surface area contributed by atoms with Gasteiger partial charge in [0.15, 0.2) is 0 Å². The van der Waals surface area contributed by atoms with E-state index in [1.807, 2.05) is 0 Å². The average molecular weight is 211 g/mol. The molecular formula is C14H29N. The van der Waals surface area contributed by atoms with Crippen molar-refractivity contribution in [3.8, 4) is 0 Å². The summed E-state index contributed by atoms with van der Waals surface area (Å²) in [4.78, 5) is 2.77. The first-order valence-electron chi connectivity index (χ1n) is 7.12. The summed E-state index contributed by atoms with van der Waals surface area (Å²) in [5.74, 6) is 0. The van der Waals surface area contributed by atoms with Crippen molar-refractivity contribution in [2.24, 2.45) is 0 Å². The van der Waals surface area contributed by atoms with Gasteiger partial charge in [0.05, 0.1) is 0 Å². The number of unbranched alkanes of at least 4 members (excludes halogenated alkanes) is 2. The highest BCUT2D eigenvalue weighted by Gasteiger charge is 2.18. The Hall–Kier alpha value is -0.0400. The Bertz CT molecular complexity index is 138. The number of likely N-dealkylation sites (tertiary alicyclic amines) is 1. The molecule has 1 nitrogen and oxygen atoms in total. The van der Waals surface area contributed by atoms with Crippen LogP contribution in [0.1, 0.15) is 71.6 Å². The summed E-state index contributed by atoms with van der Waals surface area (Å²) >= 11 is 0. The van der Waals surface area contributed by atoms with Crippen LogP contribution in [0.3, 0.4) is 0 Å². The molecule has 0 saturated carbocycles. The highest BCUT2D eigenvalue weighted by Crippen LogP contribution is 2.19. The molecule has 0 aromatic rings. The fourth-order valence-corrected chi connectivity index (χ4v) is 2.76. The van der Waals surface area contributed by atoms with E-state index < -0.39 is 0 Å². The van der Waals surface area contributed by atoms with Crippen molar-refractivity contribution in [2.45, 2.75) is 77.7 Å². The first-order valence-corrected chi connectivity index (χ1v) is 7.12. The molecule has 0 amide bonds. The Morgan fingerprint density at radius 1 is 0.867 bits per heavy atom. The smallest absolute Gasteiger partial charge is 0.00951 e. The van der Waals surface area contributed by atoms with Crippen molar-refractivity contribution in [3.05, 3.63) is 0 Å². The van der Waals surface area contributed by atoms with E-state index in [9.17, 15) is 0 Å². The van der Waals surface area contributed by atoms with E-state index in [1.54, 1.807) is 0 Å². The van der Waals surface area contributed by atoms with Gasteiger partial charge < -0.3 is 4.90 Å². The second-order valence-corrected chi connectivity index (χ2v) is 5.03. The van der Waals surface area contributed by atoms with E-state index in [4.69, 9.17) is 0 Å². The molecule has 1 heterocycles. The predicted octanol–water partition coefficient (Wildman–Crippen LogP) is 4.22.